The molecule has 0 aromatic rings. The lowest BCUT2D eigenvalue weighted by Gasteiger charge is -2.08. The fourth-order valence-corrected chi connectivity index (χ4v) is 0.897. The van der Waals surface area contributed by atoms with Gasteiger partial charge in [0, 0.05) is 18.6 Å². The summed E-state index contributed by atoms with van der Waals surface area (Å²) < 4.78 is 0. The fourth-order valence-electron chi connectivity index (χ4n) is 0.897. The number of carbonyl (C=O) groups excluding carboxylic acids is 1. The molecule has 1 saturated carbocycles. The van der Waals surface area contributed by atoms with Gasteiger partial charge in [-0.15, -0.1) is 0 Å². The molecule has 0 radical (unpaired) electrons. The molecule has 1 aliphatic rings. The maximum absolute atomic E-state index is 11.1. The van der Waals surface area contributed by atoms with Crippen LogP contribution in [0.5, 0.6) is 0 Å². The number of hydrogen-bond donors (Lipinski definition) is 3. The number of hydrogen-bond acceptors (Lipinski definition) is 2. The summed E-state index contributed by atoms with van der Waals surface area (Å²) in [6.07, 6.45) is 0.912. The molecular formula is C8H17N3O. The van der Waals surface area contributed by atoms with E-state index in [0.717, 1.165) is 6.42 Å². The molecule has 1 rings (SSSR count). The normalized spacial score (nSPS) is 27.0. The number of amides is 2. The van der Waals surface area contributed by atoms with E-state index in [1.807, 2.05) is 0 Å². The highest BCUT2D eigenvalue weighted by Gasteiger charge is 2.34. The topological polar surface area (TPSA) is 67.2 Å². The molecule has 0 unspecified atom stereocenters. The highest BCUT2D eigenvalue weighted by atomic mass is 16.2. The maximum Gasteiger partial charge on any atom is 0.315 e. The standard InChI is InChI=1S/C8H17N3O/c1-5(2)4-10-8(12)11-7-3-6(7)9/h5-7H,3-4,9H2,1-2H3,(H2,10,11,12)/t6-,7+/m0/s1. The third-order valence-electron chi connectivity index (χ3n) is 1.83. The van der Waals surface area contributed by atoms with Crippen LogP contribution in [-0.2, 0) is 0 Å². The predicted molar refractivity (Wildman–Crippen MR) is 47.8 cm³/mol. The Morgan fingerprint density at radius 2 is 2.25 bits per heavy atom. The lowest BCUT2D eigenvalue weighted by Crippen LogP contribution is -2.40. The summed E-state index contributed by atoms with van der Waals surface area (Å²) in [7, 11) is 0. The molecule has 4 nitrogen and oxygen atoms in total. The quantitative estimate of drug-likeness (QED) is 0.561. The highest BCUT2D eigenvalue weighted by molar-refractivity contribution is 5.74. The molecule has 1 aliphatic carbocycles. The van der Waals surface area contributed by atoms with Gasteiger partial charge in [-0.25, -0.2) is 4.79 Å². The van der Waals surface area contributed by atoms with Gasteiger partial charge in [0.15, 0.2) is 0 Å². The van der Waals surface area contributed by atoms with Gasteiger partial charge < -0.3 is 16.4 Å². The Morgan fingerprint density at radius 3 is 2.67 bits per heavy atom. The van der Waals surface area contributed by atoms with Gasteiger partial charge in [0.05, 0.1) is 0 Å². The molecule has 0 aromatic carbocycles. The summed E-state index contributed by atoms with van der Waals surface area (Å²) in [6.45, 7) is 4.83. The molecule has 0 aliphatic heterocycles. The number of urea groups is 1. The van der Waals surface area contributed by atoms with Gasteiger partial charge in [0.2, 0.25) is 0 Å². The number of carbonyl (C=O) groups is 1. The van der Waals surface area contributed by atoms with Gasteiger partial charge in [-0.3, -0.25) is 0 Å². The van der Waals surface area contributed by atoms with Crippen LogP contribution in [0, 0.1) is 5.92 Å². The molecule has 4 N–H and O–H groups in total. The van der Waals surface area contributed by atoms with E-state index in [1.54, 1.807) is 0 Å². The molecule has 2 amide bonds. The van der Waals surface area contributed by atoms with Crippen molar-refractivity contribution < 1.29 is 4.79 Å². The Bertz CT molecular complexity index is 170. The summed E-state index contributed by atoms with van der Waals surface area (Å²) in [5.41, 5.74) is 5.53. The first-order chi connectivity index (χ1) is 5.59. The van der Waals surface area contributed by atoms with Crippen molar-refractivity contribution in [3.05, 3.63) is 0 Å². The number of nitrogens with one attached hydrogen (secondary N) is 2. The largest absolute Gasteiger partial charge is 0.338 e. The zero-order valence-electron chi connectivity index (χ0n) is 7.63. The molecule has 0 heterocycles. The van der Waals surface area contributed by atoms with Gasteiger partial charge >= 0.3 is 6.03 Å². The Morgan fingerprint density at radius 1 is 1.67 bits per heavy atom. The van der Waals surface area contributed by atoms with E-state index in [1.165, 1.54) is 0 Å². The lowest BCUT2D eigenvalue weighted by atomic mass is 10.2. The van der Waals surface area contributed by atoms with E-state index in [-0.39, 0.29) is 18.1 Å². The first-order valence-corrected chi connectivity index (χ1v) is 4.39. The number of nitrogens with two attached hydrogens (primary N) is 1. The van der Waals surface area contributed by atoms with Crippen molar-refractivity contribution in [2.45, 2.75) is 32.4 Å². The molecular weight excluding hydrogens is 154 g/mol. The molecule has 70 valence electrons. The monoisotopic (exact) mass is 171 g/mol. The van der Waals surface area contributed by atoms with E-state index in [0.29, 0.717) is 12.5 Å². The average molecular weight is 171 g/mol. The second-order valence-electron chi connectivity index (χ2n) is 3.75. The van der Waals surface area contributed by atoms with Crippen molar-refractivity contribution in [1.82, 2.24) is 10.6 Å². The SMILES string of the molecule is CC(C)CNC(=O)N[C@@H]1C[C@@H]1N. The third kappa shape index (κ3) is 3.09. The summed E-state index contributed by atoms with van der Waals surface area (Å²) in [5, 5.41) is 5.55. The van der Waals surface area contributed by atoms with Crippen molar-refractivity contribution in [2.24, 2.45) is 11.7 Å². The predicted octanol–water partition coefficient (Wildman–Crippen LogP) is 0.0412. The van der Waals surface area contributed by atoms with Crippen LogP contribution in [0.2, 0.25) is 0 Å². The van der Waals surface area contributed by atoms with E-state index >= 15 is 0 Å². The molecule has 12 heavy (non-hydrogen) atoms. The molecule has 4 heteroatoms. The summed E-state index contributed by atoms with van der Waals surface area (Å²) >= 11 is 0. The summed E-state index contributed by atoms with van der Waals surface area (Å²) in [6, 6.07) is 0.286. The van der Waals surface area contributed by atoms with E-state index in [4.69, 9.17) is 5.73 Å². The van der Waals surface area contributed by atoms with Crippen LogP contribution in [0.1, 0.15) is 20.3 Å². The van der Waals surface area contributed by atoms with Crippen LogP contribution in [0.25, 0.3) is 0 Å². The molecule has 0 aromatic heterocycles. The second-order valence-corrected chi connectivity index (χ2v) is 3.75. The zero-order valence-corrected chi connectivity index (χ0v) is 7.63. The minimum atomic E-state index is -0.0957. The van der Waals surface area contributed by atoms with Gasteiger partial charge in [0.25, 0.3) is 0 Å². The second kappa shape index (κ2) is 3.76. The van der Waals surface area contributed by atoms with Crippen LogP contribution in [0.3, 0.4) is 0 Å². The zero-order chi connectivity index (χ0) is 9.14. The first kappa shape index (κ1) is 9.32. The van der Waals surface area contributed by atoms with Crippen LogP contribution >= 0.6 is 0 Å². The van der Waals surface area contributed by atoms with Crippen LogP contribution < -0.4 is 16.4 Å². The Hall–Kier alpha value is -0.770. The van der Waals surface area contributed by atoms with E-state index in [2.05, 4.69) is 24.5 Å². The van der Waals surface area contributed by atoms with E-state index in [9.17, 15) is 4.79 Å². The maximum atomic E-state index is 11.1. The molecule has 2 atom stereocenters. The fraction of sp³-hybridized carbons (Fsp3) is 0.875. The third-order valence-corrected chi connectivity index (χ3v) is 1.83. The number of rotatable bonds is 3. The Labute approximate surface area is 72.9 Å². The average Bonchev–Trinajstić information content (AvgIpc) is 2.62. The Kier molecular flexibility index (Phi) is 2.92. The molecule has 0 bridgehead atoms. The highest BCUT2D eigenvalue weighted by Crippen LogP contribution is 2.17. The van der Waals surface area contributed by atoms with Crippen LogP contribution in [-0.4, -0.2) is 24.7 Å². The van der Waals surface area contributed by atoms with E-state index < -0.39 is 0 Å². The minimum absolute atomic E-state index is 0.0957. The molecule has 0 spiro atoms. The van der Waals surface area contributed by atoms with Crippen molar-refractivity contribution in [3.63, 3.8) is 0 Å². The van der Waals surface area contributed by atoms with Crippen molar-refractivity contribution in [2.75, 3.05) is 6.54 Å². The van der Waals surface area contributed by atoms with Crippen molar-refractivity contribution in [1.29, 1.82) is 0 Å². The van der Waals surface area contributed by atoms with Gasteiger partial charge in [-0.1, -0.05) is 13.8 Å². The summed E-state index contributed by atoms with van der Waals surface area (Å²) in [5.74, 6) is 0.489. The summed E-state index contributed by atoms with van der Waals surface area (Å²) in [4.78, 5) is 11.1. The van der Waals surface area contributed by atoms with Crippen molar-refractivity contribution in [3.8, 4) is 0 Å². The molecule has 1 fully saturated rings. The van der Waals surface area contributed by atoms with Crippen LogP contribution in [0.15, 0.2) is 0 Å². The lowest BCUT2D eigenvalue weighted by molar-refractivity contribution is 0.239. The first-order valence-electron chi connectivity index (χ1n) is 4.39. The van der Waals surface area contributed by atoms with Gasteiger partial charge in [-0.2, -0.15) is 0 Å². The van der Waals surface area contributed by atoms with Gasteiger partial charge in [0.1, 0.15) is 0 Å². The molecule has 0 saturated heterocycles. The van der Waals surface area contributed by atoms with Crippen LogP contribution in [0.4, 0.5) is 4.79 Å². The smallest absolute Gasteiger partial charge is 0.315 e. The van der Waals surface area contributed by atoms with Crippen molar-refractivity contribution >= 4 is 6.03 Å². The Balaban J connectivity index is 2.04. The van der Waals surface area contributed by atoms with Gasteiger partial charge in [-0.05, 0) is 12.3 Å². The minimum Gasteiger partial charge on any atom is -0.338 e.